The van der Waals surface area contributed by atoms with Crippen LogP contribution >= 0.6 is 12.2 Å². The Kier molecular flexibility index (Phi) is 5.36. The molecular formula is C23H15F3N6O2S. The Bertz CT molecular complexity index is 1350. The van der Waals surface area contributed by atoms with Crippen molar-refractivity contribution in [2.75, 3.05) is 9.80 Å². The molecule has 0 unspecified atom stereocenters. The van der Waals surface area contributed by atoms with E-state index in [1.165, 1.54) is 24.8 Å². The maximum atomic E-state index is 13.9. The van der Waals surface area contributed by atoms with Crippen LogP contribution in [-0.2, 0) is 11.0 Å². The van der Waals surface area contributed by atoms with Crippen LogP contribution in [-0.4, -0.2) is 31.5 Å². The maximum Gasteiger partial charge on any atom is 0.421 e. The quantitative estimate of drug-likeness (QED) is 0.483. The molecule has 2 aliphatic rings. The molecule has 2 aromatic heterocycles. The van der Waals surface area contributed by atoms with Gasteiger partial charge in [-0.2, -0.15) is 18.4 Å². The fourth-order valence-electron chi connectivity index (χ4n) is 4.33. The number of thiocarbonyl (C=S) groups is 1. The summed E-state index contributed by atoms with van der Waals surface area (Å²) in [4.78, 5) is 27.4. The van der Waals surface area contributed by atoms with Crippen molar-refractivity contribution in [2.45, 2.75) is 31.0 Å². The first-order valence-electron chi connectivity index (χ1n) is 10.4. The van der Waals surface area contributed by atoms with Crippen molar-refractivity contribution in [1.29, 1.82) is 5.26 Å². The third-order valence-corrected chi connectivity index (χ3v) is 6.38. The Morgan fingerprint density at radius 3 is 2.34 bits per heavy atom. The number of carbonyl (C=O) groups is 1. The van der Waals surface area contributed by atoms with E-state index < -0.39 is 34.6 Å². The second-order valence-corrected chi connectivity index (χ2v) is 8.34. The first kappa shape index (κ1) is 22.7. The Labute approximate surface area is 202 Å². The van der Waals surface area contributed by atoms with Crippen LogP contribution in [0.4, 0.5) is 24.5 Å². The van der Waals surface area contributed by atoms with E-state index in [1.54, 1.807) is 29.2 Å². The molecule has 3 aromatic rings. The maximum absolute atomic E-state index is 13.9. The molecule has 35 heavy (non-hydrogen) atoms. The number of benzene rings is 1. The zero-order valence-electron chi connectivity index (χ0n) is 17.9. The van der Waals surface area contributed by atoms with Crippen LogP contribution in [0.1, 0.15) is 30.5 Å². The molecular weight excluding hydrogens is 481 g/mol. The molecule has 8 nitrogen and oxygen atoms in total. The number of nitriles is 1. The summed E-state index contributed by atoms with van der Waals surface area (Å²) in [5, 5.41) is 9.13. The highest BCUT2D eigenvalue weighted by atomic mass is 32.1. The molecule has 1 spiro atoms. The van der Waals surface area contributed by atoms with Crippen LogP contribution in [0.25, 0.3) is 0 Å². The van der Waals surface area contributed by atoms with Crippen molar-refractivity contribution >= 4 is 34.6 Å². The fourth-order valence-corrected chi connectivity index (χ4v) is 4.79. The van der Waals surface area contributed by atoms with Gasteiger partial charge >= 0.3 is 6.18 Å². The molecule has 2 fully saturated rings. The number of carbonyl (C=O) groups excluding carboxylic acids is 1. The molecule has 0 atom stereocenters. The summed E-state index contributed by atoms with van der Waals surface area (Å²) < 4.78 is 47.5. The third kappa shape index (κ3) is 3.64. The van der Waals surface area contributed by atoms with Crippen molar-refractivity contribution < 1.29 is 22.7 Å². The number of anilines is 2. The summed E-state index contributed by atoms with van der Waals surface area (Å²) >= 11 is 5.56. The van der Waals surface area contributed by atoms with E-state index in [-0.39, 0.29) is 5.11 Å². The minimum atomic E-state index is -4.91. The number of pyridine rings is 1. The van der Waals surface area contributed by atoms with Gasteiger partial charge in [-0.1, -0.05) is 0 Å². The highest BCUT2D eigenvalue weighted by Gasteiger charge is 2.60. The average Bonchev–Trinajstić information content (AvgIpc) is 3.05. The number of hydrogen-bond donors (Lipinski definition) is 0. The van der Waals surface area contributed by atoms with E-state index in [2.05, 4.69) is 15.0 Å². The highest BCUT2D eigenvalue weighted by Crippen LogP contribution is 2.49. The number of hydrogen-bond acceptors (Lipinski definition) is 7. The summed E-state index contributed by atoms with van der Waals surface area (Å²) in [7, 11) is 0. The van der Waals surface area contributed by atoms with E-state index in [9.17, 15) is 23.2 Å². The molecule has 0 bridgehead atoms. The molecule has 1 saturated heterocycles. The fraction of sp³-hybridized carbons (Fsp3) is 0.217. The van der Waals surface area contributed by atoms with Crippen molar-refractivity contribution in [3.63, 3.8) is 0 Å². The van der Waals surface area contributed by atoms with E-state index in [1.807, 2.05) is 0 Å². The Hall–Kier alpha value is -4.11. The van der Waals surface area contributed by atoms with Gasteiger partial charge in [-0.25, -0.2) is 15.0 Å². The van der Waals surface area contributed by atoms with Crippen LogP contribution in [0.3, 0.4) is 0 Å². The number of ether oxygens (including phenoxy) is 1. The van der Waals surface area contributed by atoms with Gasteiger partial charge in [0.15, 0.2) is 16.6 Å². The van der Waals surface area contributed by atoms with E-state index in [4.69, 9.17) is 17.0 Å². The molecule has 1 saturated carbocycles. The number of rotatable bonds is 4. The van der Waals surface area contributed by atoms with Crippen LogP contribution in [0.15, 0.2) is 55.2 Å². The normalized spacial score (nSPS) is 16.9. The molecule has 1 amide bonds. The number of aromatic nitrogens is 3. The lowest BCUT2D eigenvalue weighted by Crippen LogP contribution is -2.55. The standard InChI is InChI=1S/C23H15F3N6O2S/c24-23(25,26)19-17(10-27)30-9-6-18(19)31-20(33)22(7-1-8-22)32(21(31)35)14-2-4-15(5-3-14)34-16-11-28-13-29-12-16/h2-6,9,11-13H,1,7-8H2. The molecule has 176 valence electrons. The molecule has 12 heteroatoms. The largest absolute Gasteiger partial charge is 0.454 e. The van der Waals surface area contributed by atoms with Gasteiger partial charge in [0.1, 0.15) is 29.2 Å². The van der Waals surface area contributed by atoms with Crippen LogP contribution in [0, 0.1) is 11.3 Å². The van der Waals surface area contributed by atoms with E-state index in [0.717, 1.165) is 23.6 Å². The van der Waals surface area contributed by atoms with Gasteiger partial charge in [-0.15, -0.1) is 0 Å². The topological polar surface area (TPSA) is 95.2 Å². The summed E-state index contributed by atoms with van der Waals surface area (Å²) in [5.41, 5.74) is -3.17. The Balaban J connectivity index is 1.54. The Morgan fingerprint density at radius 1 is 1.09 bits per heavy atom. The Morgan fingerprint density at radius 2 is 1.77 bits per heavy atom. The summed E-state index contributed by atoms with van der Waals surface area (Å²) in [6, 6.07) is 9.20. The van der Waals surface area contributed by atoms with Crippen LogP contribution < -0.4 is 14.5 Å². The van der Waals surface area contributed by atoms with Crippen molar-refractivity contribution in [1.82, 2.24) is 15.0 Å². The summed E-state index contributed by atoms with van der Waals surface area (Å²) in [6.45, 7) is 0. The highest BCUT2D eigenvalue weighted by molar-refractivity contribution is 7.81. The second-order valence-electron chi connectivity index (χ2n) is 7.98. The SMILES string of the molecule is N#Cc1nccc(N2C(=O)C3(CCC3)N(c3ccc(Oc4cncnc4)cc3)C2=S)c1C(F)(F)F. The summed E-state index contributed by atoms with van der Waals surface area (Å²) in [5.74, 6) is 0.349. The molecule has 3 heterocycles. The van der Waals surface area contributed by atoms with Gasteiger partial charge in [-0.3, -0.25) is 9.69 Å². The van der Waals surface area contributed by atoms with Crippen LogP contribution in [0.5, 0.6) is 11.5 Å². The molecule has 1 aliphatic heterocycles. The molecule has 1 aromatic carbocycles. The number of nitrogens with zero attached hydrogens (tertiary/aromatic N) is 6. The van der Waals surface area contributed by atoms with Gasteiger partial charge in [0.25, 0.3) is 5.91 Å². The summed E-state index contributed by atoms with van der Waals surface area (Å²) in [6.07, 6.45) is 2.11. The zero-order valence-corrected chi connectivity index (χ0v) is 18.7. The van der Waals surface area contributed by atoms with Crippen LogP contribution in [0.2, 0.25) is 0 Å². The van der Waals surface area contributed by atoms with Gasteiger partial charge in [0, 0.05) is 11.9 Å². The first-order valence-corrected chi connectivity index (χ1v) is 10.8. The number of amides is 1. The van der Waals surface area contributed by atoms with Crippen molar-refractivity contribution in [3.8, 4) is 17.6 Å². The van der Waals surface area contributed by atoms with Gasteiger partial charge in [0.2, 0.25) is 0 Å². The van der Waals surface area contributed by atoms with Gasteiger partial charge in [-0.05, 0) is 61.8 Å². The van der Waals surface area contributed by atoms with Crippen molar-refractivity contribution in [3.05, 3.63) is 66.5 Å². The predicted molar refractivity (Wildman–Crippen MR) is 122 cm³/mol. The molecule has 0 radical (unpaired) electrons. The van der Waals surface area contributed by atoms with E-state index in [0.29, 0.717) is 30.0 Å². The number of halogens is 3. The average molecular weight is 496 g/mol. The lowest BCUT2D eigenvalue weighted by molar-refractivity contribution is -0.137. The lowest BCUT2D eigenvalue weighted by atomic mass is 9.75. The molecule has 5 rings (SSSR count). The van der Waals surface area contributed by atoms with Gasteiger partial charge < -0.3 is 9.64 Å². The smallest absolute Gasteiger partial charge is 0.421 e. The minimum absolute atomic E-state index is 0.0968. The number of alkyl halides is 3. The van der Waals surface area contributed by atoms with Gasteiger partial charge in [0.05, 0.1) is 18.1 Å². The lowest BCUT2D eigenvalue weighted by Gasteiger charge is -2.43. The molecule has 1 aliphatic carbocycles. The first-order chi connectivity index (χ1) is 16.8. The second kappa shape index (κ2) is 8.28. The zero-order chi connectivity index (χ0) is 24.8. The monoisotopic (exact) mass is 496 g/mol. The minimum Gasteiger partial charge on any atom is -0.454 e. The third-order valence-electron chi connectivity index (χ3n) is 6.02. The predicted octanol–water partition coefficient (Wildman–Crippen LogP) is 4.62. The van der Waals surface area contributed by atoms with Crippen molar-refractivity contribution in [2.24, 2.45) is 0 Å². The molecule has 0 N–H and O–H groups in total. The van der Waals surface area contributed by atoms with E-state index >= 15 is 0 Å².